The molecule has 1 aliphatic rings. The summed E-state index contributed by atoms with van der Waals surface area (Å²) in [6, 6.07) is 3.81. The summed E-state index contributed by atoms with van der Waals surface area (Å²) in [6.45, 7) is 18.5. The molecule has 194 valence electrons. The molecule has 1 unspecified atom stereocenters. The number of nitrogens with one attached hydrogen (secondary N) is 2. The highest BCUT2D eigenvalue weighted by molar-refractivity contribution is 5.78. The van der Waals surface area contributed by atoms with Crippen LogP contribution in [0.25, 0.3) is 0 Å². The number of pyridine rings is 1. The van der Waals surface area contributed by atoms with Crippen molar-refractivity contribution < 1.29 is 13.9 Å². The number of hydrogen-bond donors (Lipinski definition) is 2. The number of hydrogen-bond acceptors (Lipinski definition) is 6. The van der Waals surface area contributed by atoms with Gasteiger partial charge in [-0.2, -0.15) is 5.10 Å². The molecule has 35 heavy (non-hydrogen) atoms. The van der Waals surface area contributed by atoms with Crippen molar-refractivity contribution in [2.24, 2.45) is 5.41 Å². The topological polar surface area (TPSA) is 81.1 Å². The maximum absolute atomic E-state index is 15.6. The van der Waals surface area contributed by atoms with E-state index in [1.54, 1.807) is 6.07 Å². The number of anilines is 2. The zero-order valence-electron chi connectivity index (χ0n) is 22.8. The van der Waals surface area contributed by atoms with Gasteiger partial charge in [-0.15, -0.1) is 0 Å². The molecule has 2 atom stereocenters. The molecule has 0 saturated carbocycles. The Morgan fingerprint density at radius 3 is 2.49 bits per heavy atom. The van der Waals surface area contributed by atoms with Crippen LogP contribution in [0, 0.1) is 18.2 Å². The van der Waals surface area contributed by atoms with Crippen molar-refractivity contribution in [1.29, 1.82) is 0 Å². The van der Waals surface area contributed by atoms with Gasteiger partial charge in [0.25, 0.3) is 0 Å². The van der Waals surface area contributed by atoms with Crippen LogP contribution in [0.2, 0.25) is 0 Å². The average Bonchev–Trinajstić information content (AvgIpc) is 3.09. The average molecular weight is 488 g/mol. The second-order valence-electron chi connectivity index (χ2n) is 11.9. The quantitative estimate of drug-likeness (QED) is 0.529. The highest BCUT2D eigenvalue weighted by Gasteiger charge is 2.45. The monoisotopic (exact) mass is 487 g/mol. The van der Waals surface area contributed by atoms with Crippen LogP contribution in [0.5, 0.6) is 0 Å². The van der Waals surface area contributed by atoms with Crippen LogP contribution >= 0.6 is 0 Å². The molecule has 1 fully saturated rings. The molecular formula is C27H42FN5O2. The summed E-state index contributed by atoms with van der Waals surface area (Å²) in [5.74, 6) is 0.555. The van der Waals surface area contributed by atoms with Gasteiger partial charge in [0.05, 0.1) is 16.6 Å². The van der Waals surface area contributed by atoms with Crippen molar-refractivity contribution >= 4 is 17.6 Å². The Balaban J connectivity index is 1.99. The van der Waals surface area contributed by atoms with E-state index in [9.17, 15) is 4.79 Å². The fourth-order valence-corrected chi connectivity index (χ4v) is 4.87. The van der Waals surface area contributed by atoms with E-state index in [0.717, 1.165) is 5.69 Å². The largest absolute Gasteiger partial charge is 0.460 e. The van der Waals surface area contributed by atoms with Gasteiger partial charge in [-0.25, -0.2) is 9.37 Å². The number of nitrogens with zero attached hydrogens (tertiary/aromatic N) is 3. The molecule has 7 nitrogen and oxygen atoms in total. The molecule has 2 N–H and O–H groups in total. The third kappa shape index (κ3) is 6.40. The molecule has 8 heteroatoms. The van der Waals surface area contributed by atoms with Crippen LogP contribution in [-0.2, 0) is 27.9 Å². The van der Waals surface area contributed by atoms with Crippen LogP contribution in [-0.4, -0.2) is 38.9 Å². The van der Waals surface area contributed by atoms with Crippen molar-refractivity contribution in [3.8, 4) is 0 Å². The smallest absolute Gasteiger partial charge is 0.313 e. The van der Waals surface area contributed by atoms with Crippen molar-refractivity contribution in [3.63, 3.8) is 0 Å². The number of halogens is 1. The van der Waals surface area contributed by atoms with Gasteiger partial charge in [-0.1, -0.05) is 6.92 Å². The number of aryl methyl sites for hydroxylation is 2. The predicted molar refractivity (Wildman–Crippen MR) is 137 cm³/mol. The minimum Gasteiger partial charge on any atom is -0.460 e. The molecule has 0 aromatic carbocycles. The van der Waals surface area contributed by atoms with Gasteiger partial charge in [0, 0.05) is 24.2 Å². The van der Waals surface area contributed by atoms with Gasteiger partial charge < -0.3 is 15.4 Å². The molecule has 0 spiro atoms. The van der Waals surface area contributed by atoms with E-state index in [1.807, 2.05) is 52.3 Å². The van der Waals surface area contributed by atoms with E-state index in [2.05, 4.69) is 41.5 Å². The number of esters is 1. The lowest BCUT2D eigenvalue weighted by Crippen LogP contribution is -2.50. The first-order valence-corrected chi connectivity index (χ1v) is 12.6. The summed E-state index contributed by atoms with van der Waals surface area (Å²) in [6.07, 6.45) is 1.85. The van der Waals surface area contributed by atoms with E-state index in [0.29, 0.717) is 48.7 Å². The zero-order valence-corrected chi connectivity index (χ0v) is 22.8. The van der Waals surface area contributed by atoms with Crippen molar-refractivity contribution in [3.05, 3.63) is 34.9 Å². The molecule has 1 aliphatic heterocycles. The molecule has 2 aromatic rings. The first-order valence-electron chi connectivity index (χ1n) is 12.6. The van der Waals surface area contributed by atoms with Gasteiger partial charge in [-0.3, -0.25) is 9.48 Å². The lowest BCUT2D eigenvalue weighted by molar-refractivity contribution is -0.170. The van der Waals surface area contributed by atoms with Crippen molar-refractivity contribution in [2.75, 3.05) is 11.9 Å². The Morgan fingerprint density at radius 1 is 1.26 bits per heavy atom. The lowest BCUT2D eigenvalue weighted by atomic mass is 9.72. The predicted octanol–water partition coefficient (Wildman–Crippen LogP) is 5.43. The minimum atomic E-state index is -0.834. The molecule has 2 aromatic heterocycles. The number of rotatable bonds is 6. The van der Waals surface area contributed by atoms with E-state index >= 15 is 4.39 Å². The summed E-state index contributed by atoms with van der Waals surface area (Å²) in [5.41, 5.74) is 0.257. The van der Waals surface area contributed by atoms with E-state index < -0.39 is 11.0 Å². The summed E-state index contributed by atoms with van der Waals surface area (Å²) >= 11 is 0. The van der Waals surface area contributed by atoms with Crippen LogP contribution in [0.1, 0.15) is 85.2 Å². The molecule has 0 radical (unpaired) electrons. The fraction of sp³-hybridized carbons (Fsp3) is 0.667. The van der Waals surface area contributed by atoms with Crippen LogP contribution < -0.4 is 10.6 Å². The third-order valence-corrected chi connectivity index (χ3v) is 6.39. The fourth-order valence-electron chi connectivity index (χ4n) is 4.87. The molecule has 3 rings (SSSR count). The molecule has 0 aliphatic carbocycles. The van der Waals surface area contributed by atoms with Crippen LogP contribution in [0.15, 0.2) is 12.1 Å². The Kier molecular flexibility index (Phi) is 7.65. The van der Waals surface area contributed by atoms with Crippen molar-refractivity contribution in [1.82, 2.24) is 20.1 Å². The molecule has 0 amide bonds. The third-order valence-electron chi connectivity index (χ3n) is 6.39. The first-order chi connectivity index (χ1) is 16.1. The highest BCUT2D eigenvalue weighted by atomic mass is 19.1. The molecule has 0 bridgehead atoms. The number of carbonyl (C=O) groups excluding carboxylic acids is 1. The number of piperidine rings is 1. The molecule has 3 heterocycles. The van der Waals surface area contributed by atoms with Gasteiger partial charge >= 0.3 is 5.97 Å². The summed E-state index contributed by atoms with van der Waals surface area (Å²) in [4.78, 5) is 18.1. The standard InChI is InChI=1S/C27H42FN5O2/c1-10-19-14-21(31-22-13-18(3)33(32-22)25(4,5)6)30-20(23(19)28)16-27(11-12-29-17(2)15-27)24(34)35-26(7,8)9/h13-14,17,29H,10-12,15-16H2,1-9H3,(H,30,31,32)/t17-,27?/m1/s1. The molecular weight excluding hydrogens is 445 g/mol. The Bertz CT molecular complexity index is 1070. The maximum atomic E-state index is 15.6. The van der Waals surface area contributed by atoms with Crippen molar-refractivity contribution in [2.45, 2.75) is 105 Å². The highest BCUT2D eigenvalue weighted by Crippen LogP contribution is 2.38. The normalized spacial score (nSPS) is 21.1. The van der Waals surface area contributed by atoms with Gasteiger partial charge in [-0.05, 0) is 92.8 Å². The summed E-state index contributed by atoms with van der Waals surface area (Å²) in [5, 5.41) is 11.3. The Morgan fingerprint density at radius 2 is 1.94 bits per heavy atom. The number of ether oxygens (including phenoxy) is 1. The Hall–Kier alpha value is -2.48. The van der Waals surface area contributed by atoms with Crippen LogP contribution in [0.3, 0.4) is 0 Å². The molecule has 1 saturated heterocycles. The minimum absolute atomic E-state index is 0.121. The SMILES string of the molecule is CCc1cc(Nc2cc(C)n(C(C)(C)C)n2)nc(CC2(C(=O)OC(C)(C)C)CCN[C@H](C)C2)c1F. The number of carbonyl (C=O) groups is 1. The first kappa shape index (κ1) is 27.1. The van der Waals surface area contributed by atoms with E-state index in [4.69, 9.17) is 4.74 Å². The van der Waals surface area contributed by atoms with Gasteiger partial charge in [0.15, 0.2) is 5.82 Å². The lowest BCUT2D eigenvalue weighted by Gasteiger charge is -2.40. The Labute approximate surface area is 209 Å². The second kappa shape index (κ2) is 9.88. The maximum Gasteiger partial charge on any atom is 0.313 e. The zero-order chi connectivity index (χ0) is 26.2. The summed E-state index contributed by atoms with van der Waals surface area (Å²) < 4.78 is 23.3. The number of aromatic nitrogens is 3. The summed E-state index contributed by atoms with van der Waals surface area (Å²) in [7, 11) is 0. The second-order valence-corrected chi connectivity index (χ2v) is 11.9. The van der Waals surface area contributed by atoms with E-state index in [1.165, 1.54) is 0 Å². The van der Waals surface area contributed by atoms with Gasteiger partial charge in [0.2, 0.25) is 0 Å². The van der Waals surface area contributed by atoms with Crippen LogP contribution in [0.4, 0.5) is 16.0 Å². The van der Waals surface area contributed by atoms with E-state index in [-0.39, 0.29) is 29.8 Å². The van der Waals surface area contributed by atoms with Gasteiger partial charge in [0.1, 0.15) is 17.2 Å².